The predicted octanol–water partition coefficient (Wildman–Crippen LogP) is 2.93. The van der Waals surface area contributed by atoms with Gasteiger partial charge in [0.2, 0.25) is 0 Å². The van der Waals surface area contributed by atoms with Crippen LogP contribution < -0.4 is 5.32 Å². The van der Waals surface area contributed by atoms with Gasteiger partial charge >= 0.3 is 0 Å². The predicted molar refractivity (Wildman–Crippen MR) is 87.8 cm³/mol. The SMILES string of the molecule is Cc1ccccc1-c1csc(NC(=O)C2(O)CCSC2)n1. The van der Waals surface area contributed by atoms with E-state index in [2.05, 4.69) is 10.3 Å². The molecule has 3 rings (SSSR count). The van der Waals surface area contributed by atoms with E-state index in [0.717, 1.165) is 22.6 Å². The quantitative estimate of drug-likeness (QED) is 0.913. The third-order valence-electron chi connectivity index (χ3n) is 3.57. The molecule has 0 saturated carbocycles. The molecule has 0 aliphatic carbocycles. The van der Waals surface area contributed by atoms with E-state index in [1.165, 1.54) is 11.3 Å². The van der Waals surface area contributed by atoms with E-state index in [9.17, 15) is 9.90 Å². The number of hydrogen-bond donors (Lipinski definition) is 2. The summed E-state index contributed by atoms with van der Waals surface area (Å²) in [6.07, 6.45) is 0.500. The molecule has 1 atom stereocenters. The molecule has 2 heterocycles. The number of nitrogens with one attached hydrogen (secondary N) is 1. The first-order valence-corrected chi connectivity index (χ1v) is 8.75. The lowest BCUT2D eigenvalue weighted by Gasteiger charge is -2.18. The molecule has 1 aromatic carbocycles. The molecule has 1 saturated heterocycles. The number of carbonyl (C=O) groups is 1. The van der Waals surface area contributed by atoms with Crippen LogP contribution in [0.25, 0.3) is 11.3 Å². The summed E-state index contributed by atoms with van der Waals surface area (Å²) in [5.74, 6) is 0.920. The van der Waals surface area contributed by atoms with Crippen LogP contribution in [0.15, 0.2) is 29.6 Å². The van der Waals surface area contributed by atoms with Crippen LogP contribution >= 0.6 is 23.1 Å². The van der Waals surface area contributed by atoms with Gasteiger partial charge in [-0.05, 0) is 24.7 Å². The molecule has 21 heavy (non-hydrogen) atoms. The third kappa shape index (κ3) is 2.97. The Bertz CT molecular complexity index is 663. The number of aliphatic hydroxyl groups is 1. The fraction of sp³-hybridized carbons (Fsp3) is 0.333. The number of hydrogen-bond acceptors (Lipinski definition) is 5. The van der Waals surface area contributed by atoms with Crippen molar-refractivity contribution in [3.8, 4) is 11.3 Å². The molecule has 0 radical (unpaired) electrons. The topological polar surface area (TPSA) is 62.2 Å². The van der Waals surface area contributed by atoms with Gasteiger partial charge in [0.15, 0.2) is 10.7 Å². The van der Waals surface area contributed by atoms with Crippen molar-refractivity contribution < 1.29 is 9.90 Å². The van der Waals surface area contributed by atoms with Gasteiger partial charge in [0.05, 0.1) is 5.69 Å². The largest absolute Gasteiger partial charge is 0.379 e. The summed E-state index contributed by atoms with van der Waals surface area (Å²) in [5, 5.41) is 15.4. The average molecular weight is 320 g/mol. The Morgan fingerprint density at radius 1 is 1.43 bits per heavy atom. The zero-order chi connectivity index (χ0) is 14.9. The van der Waals surface area contributed by atoms with Gasteiger partial charge in [-0.1, -0.05) is 24.3 Å². The number of rotatable bonds is 3. The highest BCUT2D eigenvalue weighted by atomic mass is 32.2. The van der Waals surface area contributed by atoms with E-state index in [4.69, 9.17) is 0 Å². The summed E-state index contributed by atoms with van der Waals surface area (Å²) >= 11 is 2.97. The molecule has 1 amide bonds. The molecule has 2 N–H and O–H groups in total. The van der Waals surface area contributed by atoms with E-state index in [-0.39, 0.29) is 5.91 Å². The van der Waals surface area contributed by atoms with Crippen LogP contribution in [0, 0.1) is 6.92 Å². The van der Waals surface area contributed by atoms with Gasteiger partial charge in [-0.3, -0.25) is 10.1 Å². The van der Waals surface area contributed by atoms with E-state index < -0.39 is 5.60 Å². The van der Waals surface area contributed by atoms with Gasteiger partial charge in [0.25, 0.3) is 5.91 Å². The maximum atomic E-state index is 12.1. The second kappa shape index (κ2) is 5.79. The van der Waals surface area contributed by atoms with Crippen molar-refractivity contribution in [2.75, 3.05) is 16.8 Å². The lowest BCUT2D eigenvalue weighted by molar-refractivity contribution is -0.131. The first-order valence-electron chi connectivity index (χ1n) is 6.72. The van der Waals surface area contributed by atoms with E-state index in [1.807, 2.05) is 36.6 Å². The van der Waals surface area contributed by atoms with Crippen molar-refractivity contribution in [3.05, 3.63) is 35.2 Å². The zero-order valence-electron chi connectivity index (χ0n) is 11.6. The molecule has 1 aliphatic rings. The Morgan fingerprint density at radius 2 is 2.24 bits per heavy atom. The van der Waals surface area contributed by atoms with Gasteiger partial charge in [-0.15, -0.1) is 11.3 Å². The minimum atomic E-state index is -1.25. The zero-order valence-corrected chi connectivity index (χ0v) is 13.3. The minimum absolute atomic E-state index is 0.349. The number of amides is 1. The molecule has 1 aromatic heterocycles. The van der Waals surface area contributed by atoms with Gasteiger partial charge < -0.3 is 5.11 Å². The van der Waals surface area contributed by atoms with Gasteiger partial charge in [0.1, 0.15) is 0 Å². The Labute approximate surface area is 131 Å². The number of aromatic nitrogens is 1. The molecule has 1 fully saturated rings. The average Bonchev–Trinajstić information content (AvgIpc) is 3.09. The van der Waals surface area contributed by atoms with Crippen LogP contribution in [0.3, 0.4) is 0 Å². The minimum Gasteiger partial charge on any atom is -0.379 e. The normalized spacial score (nSPS) is 21.4. The summed E-state index contributed by atoms with van der Waals surface area (Å²) in [4.78, 5) is 16.6. The second-order valence-corrected chi connectivity index (χ2v) is 7.10. The van der Waals surface area contributed by atoms with Crippen molar-refractivity contribution in [1.29, 1.82) is 0 Å². The first kappa shape index (κ1) is 14.6. The standard InChI is InChI=1S/C15H16N2O2S2/c1-10-4-2-3-5-11(10)12-8-21-14(16-12)17-13(18)15(19)6-7-20-9-15/h2-5,8,19H,6-7,9H2,1H3,(H,16,17,18). The van der Waals surface area contributed by atoms with Crippen LogP contribution in [-0.4, -0.2) is 33.1 Å². The number of benzene rings is 1. The van der Waals surface area contributed by atoms with Crippen molar-refractivity contribution in [2.24, 2.45) is 0 Å². The van der Waals surface area contributed by atoms with E-state index in [0.29, 0.717) is 17.3 Å². The maximum Gasteiger partial charge on any atom is 0.259 e. The summed E-state index contributed by atoms with van der Waals surface area (Å²) in [6.45, 7) is 2.03. The number of thioether (sulfide) groups is 1. The Kier molecular flexibility index (Phi) is 4.01. The molecule has 4 nitrogen and oxygen atoms in total. The van der Waals surface area contributed by atoms with Crippen LogP contribution in [0.2, 0.25) is 0 Å². The van der Waals surface area contributed by atoms with Crippen molar-refractivity contribution in [1.82, 2.24) is 4.98 Å². The van der Waals surface area contributed by atoms with Crippen molar-refractivity contribution >= 4 is 34.1 Å². The number of anilines is 1. The van der Waals surface area contributed by atoms with Gasteiger partial charge in [0, 0.05) is 16.7 Å². The maximum absolute atomic E-state index is 12.1. The lowest BCUT2D eigenvalue weighted by Crippen LogP contribution is -2.42. The van der Waals surface area contributed by atoms with Crippen LogP contribution in [-0.2, 0) is 4.79 Å². The monoisotopic (exact) mass is 320 g/mol. The Morgan fingerprint density at radius 3 is 2.95 bits per heavy atom. The third-order valence-corrected chi connectivity index (χ3v) is 5.50. The van der Waals surface area contributed by atoms with Crippen LogP contribution in [0.4, 0.5) is 5.13 Å². The molecule has 2 aromatic rings. The summed E-state index contributed by atoms with van der Waals surface area (Å²) in [5.41, 5.74) is 1.80. The van der Waals surface area contributed by atoms with Crippen molar-refractivity contribution in [2.45, 2.75) is 18.9 Å². The summed E-state index contributed by atoms with van der Waals surface area (Å²) in [7, 11) is 0. The molecular formula is C15H16N2O2S2. The van der Waals surface area contributed by atoms with Gasteiger partial charge in [-0.2, -0.15) is 11.8 Å². The Balaban J connectivity index is 1.77. The highest BCUT2D eigenvalue weighted by Gasteiger charge is 2.39. The molecule has 1 unspecified atom stereocenters. The number of carbonyl (C=O) groups excluding carboxylic acids is 1. The van der Waals surface area contributed by atoms with Gasteiger partial charge in [-0.25, -0.2) is 4.98 Å². The molecular weight excluding hydrogens is 304 g/mol. The van der Waals surface area contributed by atoms with E-state index >= 15 is 0 Å². The highest BCUT2D eigenvalue weighted by Crippen LogP contribution is 2.31. The summed E-state index contributed by atoms with van der Waals surface area (Å²) < 4.78 is 0. The first-order chi connectivity index (χ1) is 10.1. The van der Waals surface area contributed by atoms with Crippen LogP contribution in [0.1, 0.15) is 12.0 Å². The fourth-order valence-electron chi connectivity index (χ4n) is 2.26. The number of nitrogens with zero attached hydrogens (tertiary/aromatic N) is 1. The molecule has 6 heteroatoms. The Hall–Kier alpha value is -1.37. The smallest absolute Gasteiger partial charge is 0.259 e. The molecule has 0 bridgehead atoms. The second-order valence-electron chi connectivity index (χ2n) is 5.14. The lowest BCUT2D eigenvalue weighted by atomic mass is 10.0. The molecule has 110 valence electrons. The summed E-state index contributed by atoms with van der Waals surface area (Å²) in [6, 6.07) is 8.00. The van der Waals surface area contributed by atoms with Crippen molar-refractivity contribution in [3.63, 3.8) is 0 Å². The fourth-order valence-corrected chi connectivity index (χ4v) is 4.21. The number of thiazole rings is 1. The highest BCUT2D eigenvalue weighted by molar-refractivity contribution is 7.99. The van der Waals surface area contributed by atoms with Crippen LogP contribution in [0.5, 0.6) is 0 Å². The van der Waals surface area contributed by atoms with E-state index in [1.54, 1.807) is 11.8 Å². The molecule has 0 spiro atoms. The number of aryl methyl sites for hydroxylation is 1. The molecule has 1 aliphatic heterocycles.